The summed E-state index contributed by atoms with van der Waals surface area (Å²) in [6, 6.07) is 13.7. The van der Waals surface area contributed by atoms with E-state index in [0.29, 0.717) is 12.3 Å². The third-order valence-corrected chi connectivity index (χ3v) is 7.06. The summed E-state index contributed by atoms with van der Waals surface area (Å²) in [5.74, 6) is 0.424. The lowest BCUT2D eigenvalue weighted by Gasteiger charge is -2.29. The Morgan fingerprint density at radius 2 is 1.71 bits per heavy atom. The van der Waals surface area contributed by atoms with E-state index in [0.717, 1.165) is 41.3 Å². The van der Waals surface area contributed by atoms with Gasteiger partial charge in [0.25, 0.3) is 0 Å². The minimum Gasteiger partial charge on any atom is -0.352 e. The Hall–Kier alpha value is -1.86. The van der Waals surface area contributed by atoms with E-state index < -0.39 is 6.04 Å². The van der Waals surface area contributed by atoms with E-state index in [1.165, 1.54) is 23.9 Å². The number of carbonyl (C=O) groups excluding carboxylic acids is 2. The summed E-state index contributed by atoms with van der Waals surface area (Å²) >= 11 is 4.90. The molecule has 0 aliphatic heterocycles. The SMILES string of the molecule is C[C@H](C(=O)NC1CCCC1)N(Cc1ccc(Br)cc1)C(=O)CSCc1ccc(F)cc1. The first-order valence-corrected chi connectivity index (χ1v) is 12.5. The highest BCUT2D eigenvalue weighted by Crippen LogP contribution is 2.20. The summed E-state index contributed by atoms with van der Waals surface area (Å²) in [4.78, 5) is 27.6. The second kappa shape index (κ2) is 11.7. The Morgan fingerprint density at radius 1 is 1.10 bits per heavy atom. The van der Waals surface area contributed by atoms with Gasteiger partial charge in [0.1, 0.15) is 11.9 Å². The number of rotatable bonds is 9. The number of halogens is 2. The van der Waals surface area contributed by atoms with Crippen molar-refractivity contribution >= 4 is 39.5 Å². The van der Waals surface area contributed by atoms with Crippen LogP contribution in [0.25, 0.3) is 0 Å². The fraction of sp³-hybridized carbons (Fsp3) is 0.417. The van der Waals surface area contributed by atoms with Crippen LogP contribution in [0.4, 0.5) is 4.39 Å². The predicted molar refractivity (Wildman–Crippen MR) is 127 cm³/mol. The topological polar surface area (TPSA) is 49.4 Å². The summed E-state index contributed by atoms with van der Waals surface area (Å²) < 4.78 is 14.0. The lowest BCUT2D eigenvalue weighted by Crippen LogP contribution is -2.50. The molecule has 1 aliphatic carbocycles. The van der Waals surface area contributed by atoms with Crippen LogP contribution in [-0.4, -0.2) is 34.6 Å². The normalized spacial score (nSPS) is 14.9. The molecule has 4 nitrogen and oxygen atoms in total. The van der Waals surface area contributed by atoms with Crippen LogP contribution in [0, 0.1) is 5.82 Å². The average molecular weight is 507 g/mol. The van der Waals surface area contributed by atoms with Crippen molar-refractivity contribution in [1.82, 2.24) is 10.2 Å². The van der Waals surface area contributed by atoms with Gasteiger partial charge in [-0.25, -0.2) is 4.39 Å². The van der Waals surface area contributed by atoms with Crippen molar-refractivity contribution in [2.45, 2.75) is 57.0 Å². The van der Waals surface area contributed by atoms with Gasteiger partial charge in [-0.05, 0) is 55.2 Å². The molecular formula is C24H28BrFN2O2S. The van der Waals surface area contributed by atoms with Crippen LogP contribution in [0.15, 0.2) is 53.0 Å². The highest BCUT2D eigenvalue weighted by molar-refractivity contribution is 9.10. The quantitative estimate of drug-likeness (QED) is 0.502. The molecule has 0 spiro atoms. The fourth-order valence-corrected chi connectivity index (χ4v) is 4.82. The molecule has 0 unspecified atom stereocenters. The third kappa shape index (κ3) is 7.35. The molecule has 1 fully saturated rings. The molecular weight excluding hydrogens is 479 g/mol. The van der Waals surface area contributed by atoms with Crippen molar-refractivity contribution in [3.63, 3.8) is 0 Å². The Kier molecular flexibility index (Phi) is 8.96. The number of hydrogen-bond acceptors (Lipinski definition) is 3. The minimum absolute atomic E-state index is 0.0795. The number of nitrogens with one attached hydrogen (secondary N) is 1. The van der Waals surface area contributed by atoms with Gasteiger partial charge in [0.15, 0.2) is 0 Å². The van der Waals surface area contributed by atoms with E-state index in [9.17, 15) is 14.0 Å². The number of hydrogen-bond donors (Lipinski definition) is 1. The Morgan fingerprint density at radius 3 is 2.35 bits per heavy atom. The predicted octanol–water partition coefficient (Wildman–Crippen LogP) is 5.30. The smallest absolute Gasteiger partial charge is 0.242 e. The van der Waals surface area contributed by atoms with Gasteiger partial charge < -0.3 is 10.2 Å². The molecule has 2 aromatic carbocycles. The summed E-state index contributed by atoms with van der Waals surface area (Å²) in [5.41, 5.74) is 1.94. The Labute approximate surface area is 196 Å². The molecule has 3 rings (SSSR count). The highest BCUT2D eigenvalue weighted by atomic mass is 79.9. The van der Waals surface area contributed by atoms with E-state index in [-0.39, 0.29) is 29.4 Å². The molecule has 31 heavy (non-hydrogen) atoms. The summed E-state index contributed by atoms with van der Waals surface area (Å²) in [6.07, 6.45) is 4.29. The maximum Gasteiger partial charge on any atom is 0.242 e. The zero-order valence-electron chi connectivity index (χ0n) is 17.7. The van der Waals surface area contributed by atoms with Crippen LogP contribution in [0.3, 0.4) is 0 Å². The lowest BCUT2D eigenvalue weighted by molar-refractivity contribution is -0.138. The summed E-state index contributed by atoms with van der Waals surface area (Å²) in [7, 11) is 0. The van der Waals surface area contributed by atoms with Crippen LogP contribution in [0.2, 0.25) is 0 Å². The molecule has 1 N–H and O–H groups in total. The van der Waals surface area contributed by atoms with E-state index in [4.69, 9.17) is 0 Å². The zero-order valence-corrected chi connectivity index (χ0v) is 20.1. The maximum atomic E-state index is 13.1. The number of nitrogens with zero attached hydrogens (tertiary/aromatic N) is 1. The maximum absolute atomic E-state index is 13.1. The Bertz CT molecular complexity index is 870. The first kappa shape index (κ1) is 23.8. The van der Waals surface area contributed by atoms with Crippen LogP contribution in [-0.2, 0) is 21.9 Å². The number of carbonyl (C=O) groups is 2. The molecule has 166 valence electrons. The molecule has 0 heterocycles. The summed E-state index contributed by atoms with van der Waals surface area (Å²) in [5, 5.41) is 3.11. The molecule has 0 radical (unpaired) electrons. The van der Waals surface area contributed by atoms with Gasteiger partial charge in [0, 0.05) is 22.8 Å². The molecule has 7 heteroatoms. The molecule has 0 bridgehead atoms. The zero-order chi connectivity index (χ0) is 22.2. The van der Waals surface area contributed by atoms with E-state index in [1.807, 2.05) is 24.3 Å². The highest BCUT2D eigenvalue weighted by Gasteiger charge is 2.28. The van der Waals surface area contributed by atoms with Gasteiger partial charge in [0.2, 0.25) is 11.8 Å². The van der Waals surface area contributed by atoms with Gasteiger partial charge in [-0.1, -0.05) is 53.0 Å². The monoisotopic (exact) mass is 506 g/mol. The van der Waals surface area contributed by atoms with Crippen molar-refractivity contribution in [2.75, 3.05) is 5.75 Å². The van der Waals surface area contributed by atoms with E-state index in [2.05, 4.69) is 21.2 Å². The van der Waals surface area contributed by atoms with Crippen molar-refractivity contribution in [3.8, 4) is 0 Å². The second-order valence-electron chi connectivity index (χ2n) is 7.93. The van der Waals surface area contributed by atoms with E-state index in [1.54, 1.807) is 24.0 Å². The van der Waals surface area contributed by atoms with Crippen LogP contribution >= 0.6 is 27.7 Å². The summed E-state index contributed by atoms with van der Waals surface area (Å²) in [6.45, 7) is 2.17. The molecule has 1 saturated carbocycles. The number of amides is 2. The third-order valence-electron chi connectivity index (χ3n) is 5.54. The molecule has 2 amide bonds. The van der Waals surface area contributed by atoms with Gasteiger partial charge in [-0.3, -0.25) is 9.59 Å². The molecule has 2 aromatic rings. The molecule has 0 aromatic heterocycles. The molecule has 1 aliphatic rings. The van der Waals surface area contributed by atoms with E-state index >= 15 is 0 Å². The van der Waals surface area contributed by atoms with Gasteiger partial charge in [0.05, 0.1) is 5.75 Å². The minimum atomic E-state index is -0.553. The van der Waals surface area contributed by atoms with Gasteiger partial charge in [-0.15, -0.1) is 11.8 Å². The van der Waals surface area contributed by atoms with Crippen LogP contribution in [0.1, 0.15) is 43.7 Å². The number of thioether (sulfide) groups is 1. The van der Waals surface area contributed by atoms with Crippen LogP contribution < -0.4 is 5.32 Å². The first-order chi connectivity index (χ1) is 14.9. The fourth-order valence-electron chi connectivity index (χ4n) is 3.68. The molecule has 1 atom stereocenters. The van der Waals surface area contributed by atoms with Crippen molar-refractivity contribution in [2.24, 2.45) is 0 Å². The standard InChI is InChI=1S/C24H28BrFN2O2S/c1-17(24(30)27-22-4-2-3-5-22)28(14-18-6-10-20(25)11-7-18)23(29)16-31-15-19-8-12-21(26)13-9-19/h6-13,17,22H,2-5,14-16H2,1H3,(H,27,30)/t17-/m1/s1. The second-order valence-corrected chi connectivity index (χ2v) is 9.83. The molecule has 0 saturated heterocycles. The van der Waals surface area contributed by atoms with Gasteiger partial charge >= 0.3 is 0 Å². The van der Waals surface area contributed by atoms with Crippen LogP contribution in [0.5, 0.6) is 0 Å². The van der Waals surface area contributed by atoms with Gasteiger partial charge in [-0.2, -0.15) is 0 Å². The van der Waals surface area contributed by atoms with Crippen molar-refractivity contribution in [3.05, 3.63) is 69.9 Å². The average Bonchev–Trinajstić information content (AvgIpc) is 3.27. The Balaban J connectivity index is 1.64. The lowest BCUT2D eigenvalue weighted by atomic mass is 10.1. The van der Waals surface area contributed by atoms with Crippen molar-refractivity contribution < 1.29 is 14.0 Å². The first-order valence-electron chi connectivity index (χ1n) is 10.6. The van der Waals surface area contributed by atoms with Crippen molar-refractivity contribution in [1.29, 1.82) is 0 Å². The number of benzene rings is 2. The largest absolute Gasteiger partial charge is 0.352 e.